The van der Waals surface area contributed by atoms with Crippen molar-refractivity contribution in [2.75, 3.05) is 17.7 Å². The Balaban J connectivity index is 2.30. The van der Waals surface area contributed by atoms with E-state index < -0.39 is 0 Å². The fourth-order valence-electron chi connectivity index (χ4n) is 1.48. The molecule has 0 unspecified atom stereocenters. The van der Waals surface area contributed by atoms with E-state index in [-0.39, 0.29) is 5.91 Å². The van der Waals surface area contributed by atoms with Gasteiger partial charge in [-0.2, -0.15) is 0 Å². The lowest BCUT2D eigenvalue weighted by Gasteiger charge is -2.18. The minimum Gasteiger partial charge on any atom is -0.396 e. The zero-order valence-electron chi connectivity index (χ0n) is 9.37. The van der Waals surface area contributed by atoms with Gasteiger partial charge in [-0.25, -0.2) is 0 Å². The van der Waals surface area contributed by atoms with Gasteiger partial charge in [-0.15, -0.1) is 0 Å². The topological polar surface area (TPSA) is 72.1 Å². The van der Waals surface area contributed by atoms with Gasteiger partial charge in [-0.1, -0.05) is 6.07 Å². The van der Waals surface area contributed by atoms with E-state index in [2.05, 4.69) is 9.97 Å². The highest BCUT2D eigenvalue weighted by Crippen LogP contribution is 2.21. The maximum absolute atomic E-state index is 12.1. The van der Waals surface area contributed by atoms with Gasteiger partial charge in [0, 0.05) is 19.4 Å². The lowest BCUT2D eigenvalue weighted by Crippen LogP contribution is -2.27. The summed E-state index contributed by atoms with van der Waals surface area (Å²) in [5.74, 6) is -0.205. The SMILES string of the molecule is CN(C(=O)c1ccccn1)c1ccncc1N. The van der Waals surface area contributed by atoms with Gasteiger partial charge in [0.1, 0.15) is 5.69 Å². The summed E-state index contributed by atoms with van der Waals surface area (Å²) in [6.45, 7) is 0. The molecule has 17 heavy (non-hydrogen) atoms. The number of amides is 1. The predicted molar refractivity (Wildman–Crippen MR) is 65.6 cm³/mol. The highest BCUT2D eigenvalue weighted by atomic mass is 16.2. The molecule has 0 fully saturated rings. The Morgan fingerprint density at radius 2 is 2.12 bits per heavy atom. The number of rotatable bonds is 2. The van der Waals surface area contributed by atoms with E-state index in [4.69, 9.17) is 5.73 Å². The Morgan fingerprint density at radius 3 is 2.76 bits per heavy atom. The van der Waals surface area contributed by atoms with E-state index in [9.17, 15) is 4.79 Å². The molecule has 0 saturated heterocycles. The maximum atomic E-state index is 12.1. The van der Waals surface area contributed by atoms with E-state index in [1.165, 1.54) is 11.1 Å². The molecule has 2 aromatic rings. The molecular weight excluding hydrogens is 216 g/mol. The zero-order chi connectivity index (χ0) is 12.3. The number of aromatic nitrogens is 2. The van der Waals surface area contributed by atoms with E-state index in [1.807, 2.05) is 0 Å². The van der Waals surface area contributed by atoms with Gasteiger partial charge in [-0.3, -0.25) is 14.8 Å². The Hall–Kier alpha value is -2.43. The molecule has 0 aromatic carbocycles. The van der Waals surface area contributed by atoms with Crippen LogP contribution in [0.4, 0.5) is 11.4 Å². The highest BCUT2D eigenvalue weighted by molar-refractivity contribution is 6.05. The number of carbonyl (C=O) groups is 1. The van der Waals surface area contributed by atoms with E-state index >= 15 is 0 Å². The molecule has 2 N–H and O–H groups in total. The molecule has 0 bridgehead atoms. The number of nitrogen functional groups attached to an aromatic ring is 1. The summed E-state index contributed by atoms with van der Waals surface area (Å²) in [6.07, 6.45) is 4.68. The number of pyridine rings is 2. The molecule has 5 heteroatoms. The Morgan fingerprint density at radius 1 is 1.29 bits per heavy atom. The van der Waals surface area contributed by atoms with Gasteiger partial charge < -0.3 is 10.6 Å². The van der Waals surface area contributed by atoms with Crippen LogP contribution in [-0.4, -0.2) is 22.9 Å². The molecule has 0 spiro atoms. The largest absolute Gasteiger partial charge is 0.396 e. The van der Waals surface area contributed by atoms with Gasteiger partial charge in [0.25, 0.3) is 5.91 Å². The Labute approximate surface area is 98.9 Å². The van der Waals surface area contributed by atoms with Crippen LogP contribution < -0.4 is 10.6 Å². The molecule has 0 aliphatic rings. The van der Waals surface area contributed by atoms with E-state index in [0.29, 0.717) is 17.1 Å². The minimum atomic E-state index is -0.205. The first-order valence-electron chi connectivity index (χ1n) is 5.08. The van der Waals surface area contributed by atoms with Gasteiger partial charge in [0.05, 0.1) is 17.6 Å². The van der Waals surface area contributed by atoms with Crippen LogP contribution in [0.1, 0.15) is 10.5 Å². The molecule has 0 radical (unpaired) electrons. The van der Waals surface area contributed by atoms with E-state index in [0.717, 1.165) is 0 Å². The number of hydrogen-bond acceptors (Lipinski definition) is 4. The van der Waals surface area contributed by atoms with Crippen LogP contribution >= 0.6 is 0 Å². The van der Waals surface area contributed by atoms with Gasteiger partial charge in [-0.05, 0) is 18.2 Å². The standard InChI is InChI=1S/C12H12N4O/c1-16(11-5-7-14-8-9(11)13)12(17)10-4-2-3-6-15-10/h2-8H,13H2,1H3. The van der Waals surface area contributed by atoms with Crippen molar-refractivity contribution in [2.45, 2.75) is 0 Å². The van der Waals surface area contributed by atoms with Crippen molar-refractivity contribution in [2.24, 2.45) is 0 Å². The molecule has 2 rings (SSSR count). The molecule has 1 amide bonds. The summed E-state index contributed by atoms with van der Waals surface area (Å²) in [5, 5.41) is 0. The van der Waals surface area contributed by atoms with Crippen LogP contribution in [0.5, 0.6) is 0 Å². The molecule has 0 aliphatic carbocycles. The van der Waals surface area contributed by atoms with Crippen molar-refractivity contribution in [1.29, 1.82) is 0 Å². The van der Waals surface area contributed by atoms with Crippen LogP contribution in [0.15, 0.2) is 42.9 Å². The lowest BCUT2D eigenvalue weighted by molar-refractivity contribution is 0.0988. The van der Waals surface area contributed by atoms with Gasteiger partial charge in [0.2, 0.25) is 0 Å². The number of hydrogen-bond donors (Lipinski definition) is 1. The second kappa shape index (κ2) is 4.61. The summed E-state index contributed by atoms with van der Waals surface area (Å²) >= 11 is 0. The monoisotopic (exact) mass is 228 g/mol. The molecule has 0 atom stereocenters. The molecule has 2 heterocycles. The van der Waals surface area contributed by atoms with Crippen molar-refractivity contribution >= 4 is 17.3 Å². The first-order chi connectivity index (χ1) is 8.20. The lowest BCUT2D eigenvalue weighted by atomic mass is 10.2. The van der Waals surface area contributed by atoms with E-state index in [1.54, 1.807) is 43.7 Å². The third kappa shape index (κ3) is 2.23. The van der Waals surface area contributed by atoms with Crippen molar-refractivity contribution < 1.29 is 4.79 Å². The van der Waals surface area contributed by atoms with Crippen LogP contribution in [0, 0.1) is 0 Å². The fourth-order valence-corrected chi connectivity index (χ4v) is 1.48. The van der Waals surface area contributed by atoms with Crippen molar-refractivity contribution in [1.82, 2.24) is 9.97 Å². The second-order valence-corrected chi connectivity index (χ2v) is 3.51. The number of anilines is 2. The molecule has 0 aliphatic heterocycles. The predicted octanol–water partition coefficient (Wildman–Crippen LogP) is 1.34. The first kappa shape index (κ1) is 11.1. The Kier molecular flexibility index (Phi) is 3.00. The number of nitrogens with zero attached hydrogens (tertiary/aromatic N) is 3. The second-order valence-electron chi connectivity index (χ2n) is 3.51. The normalized spacial score (nSPS) is 9.94. The fraction of sp³-hybridized carbons (Fsp3) is 0.0833. The first-order valence-corrected chi connectivity index (χ1v) is 5.08. The maximum Gasteiger partial charge on any atom is 0.276 e. The average molecular weight is 228 g/mol. The molecule has 86 valence electrons. The quantitative estimate of drug-likeness (QED) is 0.841. The summed E-state index contributed by atoms with van der Waals surface area (Å²) in [5.41, 5.74) is 7.22. The third-order valence-corrected chi connectivity index (χ3v) is 2.38. The van der Waals surface area contributed by atoms with Crippen LogP contribution in [0.2, 0.25) is 0 Å². The van der Waals surface area contributed by atoms with Gasteiger partial charge in [0.15, 0.2) is 0 Å². The molecular formula is C12H12N4O. The molecule has 5 nitrogen and oxygen atoms in total. The van der Waals surface area contributed by atoms with Crippen LogP contribution in [0.25, 0.3) is 0 Å². The minimum absolute atomic E-state index is 0.205. The summed E-state index contributed by atoms with van der Waals surface area (Å²) in [6, 6.07) is 6.88. The molecule has 2 aromatic heterocycles. The third-order valence-electron chi connectivity index (χ3n) is 2.38. The summed E-state index contributed by atoms with van der Waals surface area (Å²) in [7, 11) is 1.66. The Bertz CT molecular complexity index is 527. The summed E-state index contributed by atoms with van der Waals surface area (Å²) < 4.78 is 0. The smallest absolute Gasteiger partial charge is 0.276 e. The van der Waals surface area contributed by atoms with Crippen LogP contribution in [-0.2, 0) is 0 Å². The zero-order valence-corrected chi connectivity index (χ0v) is 9.37. The number of carbonyl (C=O) groups excluding carboxylic acids is 1. The van der Waals surface area contributed by atoms with Gasteiger partial charge >= 0.3 is 0 Å². The highest BCUT2D eigenvalue weighted by Gasteiger charge is 2.15. The van der Waals surface area contributed by atoms with Crippen LogP contribution in [0.3, 0.4) is 0 Å². The van der Waals surface area contributed by atoms with Crippen molar-refractivity contribution in [3.8, 4) is 0 Å². The van der Waals surface area contributed by atoms with Crippen molar-refractivity contribution in [3.63, 3.8) is 0 Å². The van der Waals surface area contributed by atoms with Crippen molar-refractivity contribution in [3.05, 3.63) is 48.5 Å². The number of nitrogens with two attached hydrogens (primary N) is 1. The summed E-state index contributed by atoms with van der Waals surface area (Å²) in [4.78, 5) is 21.4. The average Bonchev–Trinajstić information content (AvgIpc) is 2.39. The molecule has 0 saturated carbocycles.